The Bertz CT molecular complexity index is 532. The highest BCUT2D eigenvalue weighted by Gasteiger charge is 2.38. The van der Waals surface area contributed by atoms with Crippen molar-refractivity contribution in [3.05, 3.63) is 23.3 Å². The Morgan fingerprint density at radius 3 is 2.62 bits per heavy atom. The third kappa shape index (κ3) is 3.37. The second-order valence-corrected chi connectivity index (χ2v) is 5.14. The van der Waals surface area contributed by atoms with Crippen molar-refractivity contribution in [2.45, 2.75) is 32.9 Å². The van der Waals surface area contributed by atoms with Crippen LogP contribution < -0.4 is 5.46 Å². The molecule has 2 rings (SSSR count). The first-order chi connectivity index (χ1) is 9.96. The van der Waals surface area contributed by atoms with Crippen molar-refractivity contribution in [2.75, 3.05) is 13.1 Å². The molecular weight excluding hydrogens is 273 g/mol. The van der Waals surface area contributed by atoms with Gasteiger partial charge in [0.2, 0.25) is 0 Å². The maximum atomic E-state index is 11.0. The van der Waals surface area contributed by atoms with Crippen LogP contribution in [0.5, 0.6) is 5.75 Å². The van der Waals surface area contributed by atoms with Crippen molar-refractivity contribution in [1.82, 2.24) is 4.90 Å². The molecule has 21 heavy (non-hydrogen) atoms. The molecule has 7 heteroatoms. The van der Waals surface area contributed by atoms with Gasteiger partial charge in [-0.25, -0.2) is 0 Å². The summed E-state index contributed by atoms with van der Waals surface area (Å²) in [7, 11) is -1.19. The minimum Gasteiger partial charge on any atom is -0.508 e. The van der Waals surface area contributed by atoms with Crippen molar-refractivity contribution in [3.63, 3.8) is 0 Å². The van der Waals surface area contributed by atoms with E-state index in [1.54, 1.807) is 6.07 Å². The topological polar surface area (TPSA) is 90.2 Å². The monoisotopic (exact) mass is 293 g/mol. The summed E-state index contributed by atoms with van der Waals surface area (Å²) in [6.45, 7) is 6.33. The number of phenols is 1. The van der Waals surface area contributed by atoms with Crippen LogP contribution in [0, 0.1) is 0 Å². The van der Waals surface area contributed by atoms with E-state index >= 15 is 0 Å². The van der Waals surface area contributed by atoms with Gasteiger partial charge >= 0.3 is 13.1 Å². The van der Waals surface area contributed by atoms with E-state index in [1.165, 1.54) is 6.07 Å². The second kappa shape index (κ2) is 6.47. The zero-order valence-corrected chi connectivity index (χ0v) is 12.2. The summed E-state index contributed by atoms with van der Waals surface area (Å²) in [5, 5.41) is 28.7. The number of carboxylic acids is 1. The second-order valence-electron chi connectivity index (χ2n) is 5.14. The first-order valence-electron chi connectivity index (χ1n) is 7.09. The molecule has 3 N–H and O–H groups in total. The lowest BCUT2D eigenvalue weighted by Gasteiger charge is -2.22. The Kier molecular flexibility index (Phi) is 4.87. The van der Waals surface area contributed by atoms with Crippen molar-refractivity contribution < 1.29 is 24.7 Å². The number of aliphatic carboxylic acids is 1. The molecule has 1 aliphatic rings. The molecular formula is C14H20BNO5. The Hall–Kier alpha value is -1.57. The summed E-state index contributed by atoms with van der Waals surface area (Å²) in [5.74, 6) is -0.934. The van der Waals surface area contributed by atoms with Gasteiger partial charge < -0.3 is 19.9 Å². The summed E-state index contributed by atoms with van der Waals surface area (Å²) < 4.78 is 5.33. The predicted octanol–water partition coefficient (Wildman–Crippen LogP) is 0.468. The largest absolute Gasteiger partial charge is 0.508 e. The number of hydrogen-bond donors (Lipinski definition) is 3. The van der Waals surface area contributed by atoms with Crippen LogP contribution in [-0.2, 0) is 16.0 Å². The van der Waals surface area contributed by atoms with Gasteiger partial charge in [0.25, 0.3) is 0 Å². The van der Waals surface area contributed by atoms with Crippen molar-refractivity contribution in [3.8, 4) is 5.75 Å². The number of benzene rings is 1. The summed E-state index contributed by atoms with van der Waals surface area (Å²) in [5.41, 5.74) is 1.95. The Balaban J connectivity index is 2.41. The number of nitrogens with zero attached hydrogens (tertiary/aromatic N) is 1. The highest BCUT2D eigenvalue weighted by Crippen LogP contribution is 2.32. The molecule has 0 aromatic heterocycles. The number of rotatable bonds is 6. The molecule has 114 valence electrons. The van der Waals surface area contributed by atoms with Crippen molar-refractivity contribution in [2.24, 2.45) is 0 Å². The number of aromatic hydroxyl groups is 1. The van der Waals surface area contributed by atoms with Gasteiger partial charge in [-0.05, 0) is 41.8 Å². The maximum absolute atomic E-state index is 11.0. The molecule has 0 amide bonds. The Morgan fingerprint density at radius 2 is 2.05 bits per heavy atom. The van der Waals surface area contributed by atoms with Gasteiger partial charge in [-0.2, -0.15) is 0 Å². The summed E-state index contributed by atoms with van der Waals surface area (Å²) in [6, 6.07) is 3.06. The third-order valence-electron chi connectivity index (χ3n) is 3.81. The third-order valence-corrected chi connectivity index (χ3v) is 3.81. The standard InChI is InChI=1S/C14H20BNO5/c1-3-16(4-2)8-9-5-10(17)6-11-14(9)12(7-13(18)19)21-15(11)20/h5-6,12,17,20H,3-4,7-8H2,1-2H3,(H,18,19). The molecule has 1 aliphatic heterocycles. The van der Waals surface area contributed by atoms with Gasteiger partial charge in [0.05, 0.1) is 12.5 Å². The first kappa shape index (κ1) is 15.8. The van der Waals surface area contributed by atoms with Crippen LogP contribution >= 0.6 is 0 Å². The van der Waals surface area contributed by atoms with Crippen LogP contribution in [0.15, 0.2) is 12.1 Å². The van der Waals surface area contributed by atoms with Gasteiger partial charge in [-0.15, -0.1) is 0 Å². The number of phenolic OH excluding ortho intramolecular Hbond substituents is 1. The highest BCUT2D eigenvalue weighted by molar-refractivity contribution is 6.62. The quantitative estimate of drug-likeness (QED) is 0.660. The summed E-state index contributed by atoms with van der Waals surface area (Å²) >= 11 is 0. The molecule has 0 saturated heterocycles. The van der Waals surface area contributed by atoms with E-state index in [1.807, 2.05) is 13.8 Å². The molecule has 1 aromatic carbocycles. The zero-order valence-electron chi connectivity index (χ0n) is 12.2. The van der Waals surface area contributed by atoms with E-state index in [2.05, 4.69) is 4.90 Å². The lowest BCUT2D eigenvalue weighted by atomic mass is 9.77. The predicted molar refractivity (Wildman–Crippen MR) is 78.4 cm³/mol. The molecule has 1 heterocycles. The van der Waals surface area contributed by atoms with Crippen LogP contribution in [-0.4, -0.2) is 46.3 Å². The average Bonchev–Trinajstić information content (AvgIpc) is 2.71. The fourth-order valence-corrected chi connectivity index (χ4v) is 2.74. The highest BCUT2D eigenvalue weighted by atomic mass is 16.5. The molecule has 0 saturated carbocycles. The van der Waals surface area contributed by atoms with E-state index in [0.29, 0.717) is 17.6 Å². The van der Waals surface area contributed by atoms with Crippen LogP contribution in [0.3, 0.4) is 0 Å². The van der Waals surface area contributed by atoms with E-state index in [0.717, 1.165) is 18.7 Å². The van der Waals surface area contributed by atoms with E-state index in [9.17, 15) is 14.9 Å². The number of fused-ring (bicyclic) bond motifs is 1. The van der Waals surface area contributed by atoms with Gasteiger partial charge in [-0.1, -0.05) is 13.8 Å². The van der Waals surface area contributed by atoms with E-state index in [-0.39, 0.29) is 12.2 Å². The molecule has 1 atom stereocenters. The van der Waals surface area contributed by atoms with Crippen LogP contribution in [0.1, 0.15) is 37.5 Å². The SMILES string of the molecule is CCN(CC)Cc1cc(O)cc2c1C(CC(=O)O)OB2O. The number of carboxylic acid groups (broad SMARTS) is 1. The minimum atomic E-state index is -1.19. The van der Waals surface area contributed by atoms with Crippen LogP contribution in [0.2, 0.25) is 0 Å². The molecule has 0 bridgehead atoms. The average molecular weight is 293 g/mol. The molecule has 1 unspecified atom stereocenters. The summed E-state index contributed by atoms with van der Waals surface area (Å²) in [4.78, 5) is 13.1. The lowest BCUT2D eigenvalue weighted by molar-refractivity contribution is -0.138. The van der Waals surface area contributed by atoms with Gasteiger partial charge in [0.1, 0.15) is 5.75 Å². The smallest absolute Gasteiger partial charge is 0.492 e. The van der Waals surface area contributed by atoms with Crippen LogP contribution in [0.25, 0.3) is 0 Å². The molecule has 0 spiro atoms. The van der Waals surface area contributed by atoms with Gasteiger partial charge in [-0.3, -0.25) is 9.69 Å². The fraction of sp³-hybridized carbons (Fsp3) is 0.500. The molecule has 6 nitrogen and oxygen atoms in total. The van der Waals surface area contributed by atoms with Gasteiger partial charge in [0, 0.05) is 6.54 Å². The number of hydrogen-bond acceptors (Lipinski definition) is 5. The number of carbonyl (C=O) groups is 1. The van der Waals surface area contributed by atoms with E-state index in [4.69, 9.17) is 9.76 Å². The maximum Gasteiger partial charge on any atom is 0.492 e. The van der Waals surface area contributed by atoms with Crippen molar-refractivity contribution >= 4 is 18.6 Å². The van der Waals surface area contributed by atoms with E-state index < -0.39 is 19.2 Å². The molecule has 0 aliphatic carbocycles. The summed E-state index contributed by atoms with van der Waals surface area (Å²) in [6.07, 6.45) is -0.890. The normalized spacial score (nSPS) is 17.3. The Labute approximate surface area is 124 Å². The Morgan fingerprint density at radius 1 is 1.38 bits per heavy atom. The molecule has 1 aromatic rings. The first-order valence-corrected chi connectivity index (χ1v) is 7.09. The minimum absolute atomic E-state index is 0.0505. The van der Waals surface area contributed by atoms with Gasteiger partial charge in [0.15, 0.2) is 0 Å². The lowest BCUT2D eigenvalue weighted by Crippen LogP contribution is -2.29. The van der Waals surface area contributed by atoms with Crippen LogP contribution in [0.4, 0.5) is 0 Å². The van der Waals surface area contributed by atoms with Crippen molar-refractivity contribution in [1.29, 1.82) is 0 Å². The molecule has 0 fully saturated rings. The zero-order chi connectivity index (χ0) is 15.6. The fourth-order valence-electron chi connectivity index (χ4n) is 2.74. The molecule has 0 radical (unpaired) electrons.